The molecule has 28 heavy (non-hydrogen) atoms. The van der Waals surface area contributed by atoms with Crippen LogP contribution < -0.4 is 10.6 Å². The molecule has 2 aliphatic heterocycles. The van der Waals surface area contributed by atoms with Gasteiger partial charge >= 0.3 is 6.09 Å². The van der Waals surface area contributed by atoms with Gasteiger partial charge in [0.1, 0.15) is 5.60 Å². The molecule has 8 heteroatoms. The fourth-order valence-electron chi connectivity index (χ4n) is 3.51. The molecule has 2 saturated heterocycles. The quantitative estimate of drug-likeness (QED) is 0.337. The van der Waals surface area contributed by atoms with Gasteiger partial charge < -0.3 is 25.0 Å². The van der Waals surface area contributed by atoms with E-state index in [1.54, 1.807) is 0 Å². The largest absolute Gasteiger partial charge is 0.444 e. The lowest BCUT2D eigenvalue weighted by Crippen LogP contribution is -2.47. The van der Waals surface area contributed by atoms with Gasteiger partial charge in [-0.2, -0.15) is 0 Å². The molecule has 2 N–H and O–H groups in total. The molecular weight excluding hydrogens is 471 g/mol. The van der Waals surface area contributed by atoms with E-state index in [-0.39, 0.29) is 35.7 Å². The van der Waals surface area contributed by atoms with Crippen LogP contribution in [0.1, 0.15) is 60.3 Å². The van der Waals surface area contributed by atoms with Gasteiger partial charge in [0, 0.05) is 32.8 Å². The molecule has 2 aliphatic rings. The Bertz CT molecular complexity index is 516. The number of carbonyl (C=O) groups excluding carboxylic acids is 1. The van der Waals surface area contributed by atoms with E-state index in [4.69, 9.17) is 14.5 Å². The maximum atomic E-state index is 12.3. The van der Waals surface area contributed by atoms with Crippen molar-refractivity contribution in [3.8, 4) is 0 Å². The average Bonchev–Trinajstić information content (AvgIpc) is 3.03. The van der Waals surface area contributed by atoms with Gasteiger partial charge in [0.15, 0.2) is 5.96 Å². The summed E-state index contributed by atoms with van der Waals surface area (Å²) in [6, 6.07) is 0. The molecular formula is C20H39IN4O3. The van der Waals surface area contributed by atoms with E-state index < -0.39 is 5.60 Å². The predicted octanol–water partition coefficient (Wildman–Crippen LogP) is 3.38. The Hall–Kier alpha value is -0.770. The minimum absolute atomic E-state index is 0. The SMILES string of the molecule is CCNC(=NCC1(C)CCCO1)NCC1CCCN(C(=O)OC(C)(C)C)C1.I. The molecule has 2 unspecified atom stereocenters. The van der Waals surface area contributed by atoms with E-state index in [0.29, 0.717) is 12.5 Å². The number of nitrogens with one attached hydrogen (secondary N) is 2. The predicted molar refractivity (Wildman–Crippen MR) is 124 cm³/mol. The number of aliphatic imine (C=N–C) groups is 1. The number of amides is 1. The highest BCUT2D eigenvalue weighted by Gasteiger charge is 2.30. The Morgan fingerprint density at radius 1 is 1.32 bits per heavy atom. The van der Waals surface area contributed by atoms with E-state index in [1.807, 2.05) is 25.7 Å². The Morgan fingerprint density at radius 2 is 2.07 bits per heavy atom. The normalized spacial score (nSPS) is 25.8. The number of piperidine rings is 1. The van der Waals surface area contributed by atoms with Crippen LogP contribution in [-0.2, 0) is 9.47 Å². The van der Waals surface area contributed by atoms with Crippen molar-refractivity contribution in [3.63, 3.8) is 0 Å². The number of nitrogens with zero attached hydrogens (tertiary/aromatic N) is 2. The van der Waals surface area contributed by atoms with Crippen LogP contribution in [0, 0.1) is 5.92 Å². The minimum Gasteiger partial charge on any atom is -0.444 e. The zero-order valence-electron chi connectivity index (χ0n) is 18.2. The van der Waals surface area contributed by atoms with Gasteiger partial charge in [-0.05, 0) is 66.2 Å². The second-order valence-corrected chi connectivity index (χ2v) is 8.91. The molecule has 7 nitrogen and oxygen atoms in total. The Morgan fingerprint density at radius 3 is 2.68 bits per heavy atom. The van der Waals surface area contributed by atoms with Crippen LogP contribution in [-0.4, -0.2) is 67.5 Å². The van der Waals surface area contributed by atoms with E-state index in [9.17, 15) is 4.79 Å². The molecule has 0 aromatic rings. The number of hydrogen-bond donors (Lipinski definition) is 2. The molecule has 0 saturated carbocycles. The topological polar surface area (TPSA) is 75.2 Å². The zero-order valence-corrected chi connectivity index (χ0v) is 20.5. The Labute approximate surface area is 187 Å². The third-order valence-corrected chi connectivity index (χ3v) is 4.95. The van der Waals surface area contributed by atoms with Crippen LogP contribution in [0.5, 0.6) is 0 Å². The van der Waals surface area contributed by atoms with Crippen molar-refractivity contribution >= 4 is 36.0 Å². The number of hydrogen-bond acceptors (Lipinski definition) is 4. The van der Waals surface area contributed by atoms with E-state index in [0.717, 1.165) is 64.4 Å². The third kappa shape index (κ3) is 8.71. The number of ether oxygens (including phenoxy) is 2. The smallest absolute Gasteiger partial charge is 0.410 e. The fourth-order valence-corrected chi connectivity index (χ4v) is 3.51. The summed E-state index contributed by atoms with van der Waals surface area (Å²) in [6.07, 6.45) is 4.07. The lowest BCUT2D eigenvalue weighted by Gasteiger charge is -2.34. The Kier molecular flexibility index (Phi) is 10.3. The van der Waals surface area contributed by atoms with Gasteiger partial charge in [-0.3, -0.25) is 4.99 Å². The highest BCUT2D eigenvalue weighted by molar-refractivity contribution is 14.0. The molecule has 0 aliphatic carbocycles. The maximum Gasteiger partial charge on any atom is 0.410 e. The zero-order chi connectivity index (χ0) is 19.9. The number of halogens is 1. The van der Waals surface area contributed by atoms with Crippen molar-refractivity contribution < 1.29 is 14.3 Å². The molecule has 1 amide bonds. The van der Waals surface area contributed by atoms with E-state index in [1.165, 1.54) is 0 Å². The second kappa shape index (κ2) is 11.4. The highest BCUT2D eigenvalue weighted by atomic mass is 127. The van der Waals surface area contributed by atoms with Crippen LogP contribution >= 0.6 is 24.0 Å². The summed E-state index contributed by atoms with van der Waals surface area (Å²) in [5.74, 6) is 1.22. The van der Waals surface area contributed by atoms with Crippen LogP contribution in [0.2, 0.25) is 0 Å². The highest BCUT2D eigenvalue weighted by Crippen LogP contribution is 2.25. The minimum atomic E-state index is -0.453. The lowest BCUT2D eigenvalue weighted by molar-refractivity contribution is 0.0168. The average molecular weight is 510 g/mol. The molecule has 2 rings (SSSR count). The van der Waals surface area contributed by atoms with Crippen LogP contribution in [0.25, 0.3) is 0 Å². The molecule has 0 spiro atoms. The van der Waals surface area contributed by atoms with Crippen molar-refractivity contribution in [2.45, 2.75) is 71.5 Å². The van der Waals surface area contributed by atoms with Gasteiger partial charge in [0.25, 0.3) is 0 Å². The van der Waals surface area contributed by atoms with E-state index in [2.05, 4.69) is 24.5 Å². The first-order valence-electron chi connectivity index (χ1n) is 10.3. The first-order valence-corrected chi connectivity index (χ1v) is 10.3. The van der Waals surface area contributed by atoms with Crippen molar-refractivity contribution in [3.05, 3.63) is 0 Å². The van der Waals surface area contributed by atoms with Crippen molar-refractivity contribution in [2.24, 2.45) is 10.9 Å². The van der Waals surface area contributed by atoms with Gasteiger partial charge in [0.05, 0.1) is 12.1 Å². The first kappa shape index (κ1) is 25.3. The standard InChI is InChI=1S/C20H38N4O3.HI/c1-6-21-17(23-15-20(5)10-8-12-26-20)22-13-16-9-7-11-24(14-16)18(25)27-19(2,3)4;/h16H,6-15H2,1-5H3,(H2,21,22,23);1H. The summed E-state index contributed by atoms with van der Waals surface area (Å²) in [4.78, 5) is 18.9. The fraction of sp³-hybridized carbons (Fsp3) is 0.900. The molecule has 0 aromatic carbocycles. The summed E-state index contributed by atoms with van der Waals surface area (Å²) in [7, 11) is 0. The monoisotopic (exact) mass is 510 g/mol. The number of rotatable bonds is 5. The van der Waals surface area contributed by atoms with Crippen molar-refractivity contribution in [1.29, 1.82) is 0 Å². The molecule has 0 bridgehead atoms. The molecule has 2 fully saturated rings. The van der Waals surface area contributed by atoms with Crippen LogP contribution in [0.15, 0.2) is 4.99 Å². The van der Waals surface area contributed by atoms with Gasteiger partial charge in [-0.1, -0.05) is 0 Å². The van der Waals surface area contributed by atoms with Gasteiger partial charge in [0.2, 0.25) is 0 Å². The van der Waals surface area contributed by atoms with Crippen molar-refractivity contribution in [1.82, 2.24) is 15.5 Å². The van der Waals surface area contributed by atoms with Crippen molar-refractivity contribution in [2.75, 3.05) is 39.3 Å². The third-order valence-electron chi connectivity index (χ3n) is 4.95. The maximum absolute atomic E-state index is 12.3. The molecule has 2 heterocycles. The number of likely N-dealkylation sites (tertiary alicyclic amines) is 1. The first-order chi connectivity index (χ1) is 12.7. The summed E-state index contributed by atoms with van der Waals surface area (Å²) in [5.41, 5.74) is -0.591. The lowest BCUT2D eigenvalue weighted by atomic mass is 9.98. The van der Waals surface area contributed by atoms with Gasteiger partial charge in [-0.15, -0.1) is 24.0 Å². The molecule has 0 radical (unpaired) electrons. The summed E-state index contributed by atoms with van der Waals surface area (Å²) in [5, 5.41) is 6.75. The summed E-state index contributed by atoms with van der Waals surface area (Å²) >= 11 is 0. The summed E-state index contributed by atoms with van der Waals surface area (Å²) < 4.78 is 11.3. The van der Waals surface area contributed by atoms with Gasteiger partial charge in [-0.25, -0.2) is 4.79 Å². The summed E-state index contributed by atoms with van der Waals surface area (Å²) in [6.45, 7) is 14.5. The van der Waals surface area contributed by atoms with Crippen LogP contribution in [0.4, 0.5) is 4.79 Å². The second-order valence-electron chi connectivity index (χ2n) is 8.91. The van der Waals surface area contributed by atoms with E-state index >= 15 is 0 Å². The molecule has 164 valence electrons. The molecule has 0 aromatic heterocycles. The Balaban J connectivity index is 0.00000392. The van der Waals surface area contributed by atoms with Crippen LogP contribution in [0.3, 0.4) is 0 Å². The molecule has 2 atom stereocenters. The number of carbonyl (C=O) groups is 1. The number of guanidine groups is 1.